The van der Waals surface area contributed by atoms with Gasteiger partial charge in [-0.2, -0.15) is 0 Å². The van der Waals surface area contributed by atoms with Crippen LogP contribution in [0.3, 0.4) is 0 Å². The molecule has 0 spiro atoms. The van der Waals surface area contributed by atoms with E-state index in [2.05, 4.69) is 20.9 Å². The number of aromatic hydroxyl groups is 2. The summed E-state index contributed by atoms with van der Waals surface area (Å²) in [6.45, 7) is 0. The number of phenols is 1. The van der Waals surface area contributed by atoms with Gasteiger partial charge in [0.25, 0.3) is 0 Å². The Bertz CT molecular complexity index is 737. The van der Waals surface area contributed by atoms with Crippen LogP contribution < -0.4 is 0 Å². The van der Waals surface area contributed by atoms with Gasteiger partial charge in [-0.15, -0.1) is 0 Å². The fourth-order valence-corrected chi connectivity index (χ4v) is 2.38. The number of hydrogen-bond acceptors (Lipinski definition) is 3. The van der Waals surface area contributed by atoms with Gasteiger partial charge in [0.05, 0.1) is 11.7 Å². The zero-order valence-corrected chi connectivity index (χ0v) is 10.8. The van der Waals surface area contributed by atoms with Crippen molar-refractivity contribution in [3.8, 4) is 22.9 Å². The van der Waals surface area contributed by atoms with E-state index in [1.54, 1.807) is 40.9 Å². The lowest BCUT2D eigenvalue weighted by atomic mass is 10.2. The second-order valence-electron chi connectivity index (χ2n) is 3.92. The molecule has 2 heterocycles. The lowest BCUT2D eigenvalue weighted by Gasteiger charge is -2.02. The van der Waals surface area contributed by atoms with E-state index in [9.17, 15) is 10.2 Å². The maximum absolute atomic E-state index is 9.55. The van der Waals surface area contributed by atoms with Crippen LogP contribution in [-0.2, 0) is 0 Å². The van der Waals surface area contributed by atoms with Crippen molar-refractivity contribution in [2.24, 2.45) is 0 Å². The molecule has 1 aromatic carbocycles. The predicted octanol–water partition coefficient (Wildman–Crippen LogP) is 3.18. The number of aromatic nitrogens is 2. The van der Waals surface area contributed by atoms with Crippen LogP contribution >= 0.6 is 15.9 Å². The van der Waals surface area contributed by atoms with Gasteiger partial charge < -0.3 is 10.2 Å². The van der Waals surface area contributed by atoms with Gasteiger partial charge in [0, 0.05) is 5.56 Å². The SMILES string of the molecule is Oc1cccc(-c2nc(Br)c3ccc(O)cn23)c1. The molecule has 4 nitrogen and oxygen atoms in total. The summed E-state index contributed by atoms with van der Waals surface area (Å²) in [5.41, 5.74) is 1.63. The molecule has 0 unspecified atom stereocenters. The van der Waals surface area contributed by atoms with Crippen molar-refractivity contribution < 1.29 is 10.2 Å². The number of benzene rings is 1. The highest BCUT2D eigenvalue weighted by molar-refractivity contribution is 9.10. The summed E-state index contributed by atoms with van der Waals surface area (Å²) in [5.74, 6) is 0.998. The highest BCUT2D eigenvalue weighted by Crippen LogP contribution is 2.29. The Hall–Kier alpha value is -2.01. The van der Waals surface area contributed by atoms with Crippen LogP contribution in [0.15, 0.2) is 47.2 Å². The molecular weight excluding hydrogens is 296 g/mol. The highest BCUT2D eigenvalue weighted by Gasteiger charge is 2.11. The maximum atomic E-state index is 9.55. The Kier molecular flexibility index (Phi) is 2.48. The molecule has 3 rings (SSSR count). The summed E-state index contributed by atoms with van der Waals surface area (Å²) < 4.78 is 2.47. The lowest BCUT2D eigenvalue weighted by Crippen LogP contribution is -1.88. The number of imidazole rings is 1. The van der Waals surface area contributed by atoms with Crippen LogP contribution in [-0.4, -0.2) is 19.6 Å². The Balaban J connectivity index is 2.32. The summed E-state index contributed by atoms with van der Waals surface area (Å²) in [6, 6.07) is 10.2. The third-order valence-corrected chi connectivity index (χ3v) is 3.26. The third kappa shape index (κ3) is 1.73. The molecule has 0 aliphatic rings. The van der Waals surface area contributed by atoms with Gasteiger partial charge in [-0.05, 0) is 40.2 Å². The maximum Gasteiger partial charge on any atom is 0.146 e. The van der Waals surface area contributed by atoms with Gasteiger partial charge in [-0.3, -0.25) is 4.40 Å². The fraction of sp³-hybridized carbons (Fsp3) is 0. The molecule has 5 heteroatoms. The molecule has 18 heavy (non-hydrogen) atoms. The van der Waals surface area contributed by atoms with Crippen LogP contribution in [0.1, 0.15) is 0 Å². The summed E-state index contributed by atoms with van der Waals surface area (Å²) in [5, 5.41) is 19.1. The molecule has 0 radical (unpaired) electrons. The van der Waals surface area contributed by atoms with Gasteiger partial charge in [0.2, 0.25) is 0 Å². The third-order valence-electron chi connectivity index (χ3n) is 2.68. The summed E-state index contributed by atoms with van der Waals surface area (Å²) in [6.07, 6.45) is 1.59. The molecule has 0 fully saturated rings. The second kappa shape index (κ2) is 4.03. The molecule has 0 saturated heterocycles. The van der Waals surface area contributed by atoms with Gasteiger partial charge in [0.15, 0.2) is 0 Å². The number of halogens is 1. The average Bonchev–Trinajstić information content (AvgIpc) is 2.66. The molecule has 0 saturated carbocycles. The van der Waals surface area contributed by atoms with Crippen molar-refractivity contribution in [1.29, 1.82) is 0 Å². The second-order valence-corrected chi connectivity index (χ2v) is 4.67. The topological polar surface area (TPSA) is 57.8 Å². The van der Waals surface area contributed by atoms with E-state index in [1.165, 1.54) is 0 Å². The van der Waals surface area contributed by atoms with Gasteiger partial charge in [0.1, 0.15) is 21.9 Å². The van der Waals surface area contributed by atoms with Crippen LogP contribution in [0.5, 0.6) is 11.5 Å². The number of nitrogens with zero attached hydrogens (tertiary/aromatic N) is 2. The van der Waals surface area contributed by atoms with Crippen molar-refractivity contribution in [1.82, 2.24) is 9.38 Å². The monoisotopic (exact) mass is 304 g/mol. The number of fused-ring (bicyclic) bond motifs is 1. The molecule has 2 N–H and O–H groups in total. The van der Waals surface area contributed by atoms with E-state index in [-0.39, 0.29) is 11.5 Å². The highest BCUT2D eigenvalue weighted by atomic mass is 79.9. The molecule has 0 aliphatic heterocycles. The molecule has 3 aromatic rings. The summed E-state index contributed by atoms with van der Waals surface area (Å²) in [7, 11) is 0. The predicted molar refractivity (Wildman–Crippen MR) is 71.7 cm³/mol. The Morgan fingerprint density at radius 2 is 1.89 bits per heavy atom. The Morgan fingerprint density at radius 3 is 2.67 bits per heavy atom. The Morgan fingerprint density at radius 1 is 1.06 bits per heavy atom. The summed E-state index contributed by atoms with van der Waals surface area (Å²) in [4.78, 5) is 4.40. The summed E-state index contributed by atoms with van der Waals surface area (Å²) >= 11 is 3.38. The first-order valence-electron chi connectivity index (χ1n) is 5.31. The van der Waals surface area contributed by atoms with Crippen LogP contribution in [0.25, 0.3) is 16.9 Å². The number of phenolic OH excluding ortho intramolecular Hbond substituents is 1. The van der Waals surface area contributed by atoms with Crippen molar-refractivity contribution in [3.05, 3.63) is 47.2 Å². The number of rotatable bonds is 1. The molecule has 0 aliphatic carbocycles. The van der Waals surface area contributed by atoms with Crippen LogP contribution in [0.4, 0.5) is 0 Å². The van der Waals surface area contributed by atoms with Crippen LogP contribution in [0.2, 0.25) is 0 Å². The smallest absolute Gasteiger partial charge is 0.146 e. The lowest BCUT2D eigenvalue weighted by molar-refractivity contribution is 0.472. The van der Waals surface area contributed by atoms with Gasteiger partial charge >= 0.3 is 0 Å². The molecule has 90 valence electrons. The zero-order chi connectivity index (χ0) is 12.7. The molecule has 0 bridgehead atoms. The van der Waals surface area contributed by atoms with Crippen molar-refractivity contribution in [3.63, 3.8) is 0 Å². The quantitative estimate of drug-likeness (QED) is 0.726. The minimum atomic E-state index is 0.161. The van der Waals surface area contributed by atoms with E-state index in [0.717, 1.165) is 11.1 Å². The molecular formula is C13H9BrN2O2. The first kappa shape index (κ1) is 11.1. The zero-order valence-electron chi connectivity index (χ0n) is 9.21. The van der Waals surface area contributed by atoms with Crippen molar-refractivity contribution in [2.45, 2.75) is 0 Å². The van der Waals surface area contributed by atoms with Crippen LogP contribution in [0, 0.1) is 0 Å². The Labute approximate surface area is 111 Å². The van der Waals surface area contributed by atoms with E-state index in [4.69, 9.17) is 0 Å². The minimum Gasteiger partial charge on any atom is -0.508 e. The van der Waals surface area contributed by atoms with Crippen molar-refractivity contribution in [2.75, 3.05) is 0 Å². The van der Waals surface area contributed by atoms with Gasteiger partial charge in [-0.25, -0.2) is 4.98 Å². The average molecular weight is 305 g/mol. The van der Waals surface area contributed by atoms with Crippen molar-refractivity contribution >= 4 is 21.4 Å². The first-order valence-corrected chi connectivity index (χ1v) is 6.10. The van der Waals surface area contributed by atoms with E-state index in [0.29, 0.717) is 10.4 Å². The number of hydrogen-bond donors (Lipinski definition) is 2. The molecule has 0 amide bonds. The fourth-order valence-electron chi connectivity index (χ4n) is 1.89. The largest absolute Gasteiger partial charge is 0.508 e. The first-order chi connectivity index (χ1) is 8.65. The van der Waals surface area contributed by atoms with Gasteiger partial charge in [-0.1, -0.05) is 12.1 Å². The molecule has 0 atom stereocenters. The van der Waals surface area contributed by atoms with E-state index in [1.807, 2.05) is 6.07 Å². The van der Waals surface area contributed by atoms with E-state index >= 15 is 0 Å². The van der Waals surface area contributed by atoms with E-state index < -0.39 is 0 Å². The minimum absolute atomic E-state index is 0.161. The standard InChI is InChI=1S/C13H9BrN2O2/c14-12-11-5-4-10(18)7-16(11)13(15-12)8-2-1-3-9(17)6-8/h1-7,17-18H. The normalized spacial score (nSPS) is 10.9. The molecule has 2 aromatic heterocycles. The number of pyridine rings is 1.